The Bertz CT molecular complexity index is 1530. The highest BCUT2D eigenvalue weighted by Crippen LogP contribution is 2.30. The largest absolute Gasteiger partial charge is 0.479 e. The number of allylic oxidation sites excluding steroid dienone is 1. The van der Waals surface area contributed by atoms with Crippen LogP contribution in [-0.4, -0.2) is 35.3 Å². The first-order valence-electron chi connectivity index (χ1n) is 12.4. The van der Waals surface area contributed by atoms with Crippen molar-refractivity contribution in [2.75, 3.05) is 6.61 Å². The lowest BCUT2D eigenvalue weighted by Gasteiger charge is -2.25. The van der Waals surface area contributed by atoms with Crippen molar-refractivity contribution in [3.63, 3.8) is 0 Å². The Morgan fingerprint density at radius 2 is 1.76 bits per heavy atom. The second-order valence-corrected chi connectivity index (χ2v) is 10.0. The second kappa shape index (κ2) is 11.6. The molecule has 0 fully saturated rings. The standard InChI is InChI=1S/C29H30N2O6S/c1-6-35-27(33)19(5)37-22-14-12-20(13-15-22)16-23-26(32)31-25(21-10-8-7-9-11-21)24(28(34)36-17(2)3)18(4)30-29(31)38-23/h7-17,19,25H,6H2,1-5H3. The van der Waals surface area contributed by atoms with Crippen LogP contribution in [0.2, 0.25) is 0 Å². The number of benzene rings is 2. The molecule has 1 aliphatic rings. The van der Waals surface area contributed by atoms with E-state index in [4.69, 9.17) is 14.2 Å². The topological polar surface area (TPSA) is 96.2 Å². The third kappa shape index (κ3) is 5.78. The van der Waals surface area contributed by atoms with E-state index in [1.165, 1.54) is 11.3 Å². The summed E-state index contributed by atoms with van der Waals surface area (Å²) in [7, 11) is 0. The van der Waals surface area contributed by atoms with Gasteiger partial charge in [-0.15, -0.1) is 0 Å². The number of hydrogen-bond donors (Lipinski definition) is 0. The molecule has 2 unspecified atom stereocenters. The molecule has 2 atom stereocenters. The van der Waals surface area contributed by atoms with Crippen LogP contribution in [0.15, 0.2) is 75.7 Å². The van der Waals surface area contributed by atoms with Crippen LogP contribution in [0.3, 0.4) is 0 Å². The molecule has 0 amide bonds. The zero-order valence-electron chi connectivity index (χ0n) is 22.0. The van der Waals surface area contributed by atoms with Crippen LogP contribution in [0, 0.1) is 0 Å². The summed E-state index contributed by atoms with van der Waals surface area (Å²) in [6, 6.07) is 15.8. The predicted molar refractivity (Wildman–Crippen MR) is 145 cm³/mol. The first kappa shape index (κ1) is 27.1. The number of hydrogen-bond acceptors (Lipinski definition) is 8. The van der Waals surface area contributed by atoms with Gasteiger partial charge in [0.1, 0.15) is 5.75 Å². The maximum absolute atomic E-state index is 13.7. The van der Waals surface area contributed by atoms with E-state index in [1.54, 1.807) is 69.5 Å². The van der Waals surface area contributed by atoms with Crippen LogP contribution in [0.25, 0.3) is 6.08 Å². The first-order chi connectivity index (χ1) is 18.2. The number of thiazole rings is 1. The molecule has 9 heteroatoms. The van der Waals surface area contributed by atoms with Crippen molar-refractivity contribution < 1.29 is 23.8 Å². The first-order valence-corrected chi connectivity index (χ1v) is 13.2. The molecule has 38 heavy (non-hydrogen) atoms. The molecule has 1 aliphatic heterocycles. The number of aromatic nitrogens is 1. The normalized spacial score (nSPS) is 16.1. The smallest absolute Gasteiger partial charge is 0.347 e. The van der Waals surface area contributed by atoms with Crippen LogP contribution >= 0.6 is 11.3 Å². The zero-order chi connectivity index (χ0) is 27.4. The molecule has 4 rings (SSSR count). The average Bonchev–Trinajstić information content (AvgIpc) is 3.18. The number of esters is 2. The highest BCUT2D eigenvalue weighted by molar-refractivity contribution is 7.07. The minimum absolute atomic E-state index is 0.249. The van der Waals surface area contributed by atoms with E-state index in [0.717, 1.165) is 11.1 Å². The fourth-order valence-corrected chi connectivity index (χ4v) is 5.16. The van der Waals surface area contributed by atoms with Gasteiger partial charge < -0.3 is 14.2 Å². The average molecular weight is 535 g/mol. The Balaban J connectivity index is 1.72. The number of fused-ring (bicyclic) bond motifs is 1. The Morgan fingerprint density at radius 3 is 2.39 bits per heavy atom. The fraction of sp³-hybridized carbons (Fsp3) is 0.310. The highest BCUT2D eigenvalue weighted by atomic mass is 32.1. The van der Waals surface area contributed by atoms with Crippen LogP contribution < -0.4 is 19.6 Å². The van der Waals surface area contributed by atoms with Crippen LogP contribution in [0.4, 0.5) is 0 Å². The van der Waals surface area contributed by atoms with Crippen molar-refractivity contribution in [2.24, 2.45) is 4.99 Å². The molecule has 1 aromatic heterocycles. The number of carbonyl (C=O) groups is 2. The molecule has 3 aromatic rings. The summed E-state index contributed by atoms with van der Waals surface area (Å²) in [4.78, 5) is 43.7. The van der Waals surface area contributed by atoms with Crippen molar-refractivity contribution in [1.82, 2.24) is 4.57 Å². The predicted octanol–water partition coefficient (Wildman–Crippen LogP) is 3.52. The van der Waals surface area contributed by atoms with Crippen molar-refractivity contribution in [2.45, 2.75) is 52.9 Å². The zero-order valence-corrected chi connectivity index (χ0v) is 22.8. The molecule has 2 aromatic carbocycles. The summed E-state index contributed by atoms with van der Waals surface area (Å²) in [5.74, 6) is -0.410. The number of nitrogens with zero attached hydrogens (tertiary/aromatic N) is 2. The van der Waals surface area contributed by atoms with Gasteiger partial charge in [0.25, 0.3) is 5.56 Å². The molecule has 0 radical (unpaired) electrons. The third-order valence-corrected chi connectivity index (χ3v) is 6.79. The molecule has 0 spiro atoms. The molecule has 0 N–H and O–H groups in total. The minimum atomic E-state index is -0.734. The maximum atomic E-state index is 13.7. The van der Waals surface area contributed by atoms with Gasteiger partial charge in [-0.3, -0.25) is 9.36 Å². The Morgan fingerprint density at radius 1 is 1.08 bits per heavy atom. The van der Waals surface area contributed by atoms with E-state index in [0.29, 0.717) is 26.4 Å². The van der Waals surface area contributed by atoms with Crippen LogP contribution in [-0.2, 0) is 19.1 Å². The minimum Gasteiger partial charge on any atom is -0.479 e. The van der Waals surface area contributed by atoms with Crippen molar-refractivity contribution >= 4 is 29.4 Å². The van der Waals surface area contributed by atoms with Gasteiger partial charge in [-0.2, -0.15) is 0 Å². The molecule has 198 valence electrons. The van der Waals surface area contributed by atoms with E-state index in [2.05, 4.69) is 4.99 Å². The molecule has 0 saturated heterocycles. The van der Waals surface area contributed by atoms with Gasteiger partial charge in [0.15, 0.2) is 10.9 Å². The molecule has 0 bridgehead atoms. The Labute approximate surface area is 224 Å². The van der Waals surface area contributed by atoms with Gasteiger partial charge in [-0.25, -0.2) is 14.6 Å². The van der Waals surface area contributed by atoms with Crippen molar-refractivity contribution in [3.05, 3.63) is 96.7 Å². The lowest BCUT2D eigenvalue weighted by Crippen LogP contribution is -2.40. The summed E-state index contributed by atoms with van der Waals surface area (Å²) in [6.07, 6.45) is 0.730. The van der Waals surface area contributed by atoms with Gasteiger partial charge in [0.05, 0.1) is 34.6 Å². The Kier molecular flexibility index (Phi) is 8.26. The SMILES string of the molecule is CCOC(=O)C(C)Oc1ccc(C=c2sc3n(c2=O)C(c2ccccc2)C(C(=O)OC(C)C)=C(C)N=3)cc1. The maximum Gasteiger partial charge on any atom is 0.347 e. The van der Waals surface area contributed by atoms with Crippen LogP contribution in [0.5, 0.6) is 5.75 Å². The second-order valence-electron chi connectivity index (χ2n) is 9.03. The molecule has 8 nitrogen and oxygen atoms in total. The summed E-state index contributed by atoms with van der Waals surface area (Å²) in [6.45, 7) is 8.99. The van der Waals surface area contributed by atoms with Gasteiger partial charge in [-0.1, -0.05) is 53.8 Å². The highest BCUT2D eigenvalue weighted by Gasteiger charge is 2.33. The monoisotopic (exact) mass is 534 g/mol. The van der Waals surface area contributed by atoms with Crippen LogP contribution in [0.1, 0.15) is 51.8 Å². The van der Waals surface area contributed by atoms with Gasteiger partial charge in [0, 0.05) is 0 Å². The number of rotatable bonds is 8. The lowest BCUT2D eigenvalue weighted by atomic mass is 9.96. The molecular formula is C29H30N2O6S. The summed E-state index contributed by atoms with van der Waals surface area (Å²) >= 11 is 1.26. The van der Waals surface area contributed by atoms with Gasteiger partial charge in [0.2, 0.25) is 0 Å². The fourth-order valence-electron chi connectivity index (χ4n) is 4.12. The lowest BCUT2D eigenvalue weighted by molar-refractivity contribution is -0.150. The summed E-state index contributed by atoms with van der Waals surface area (Å²) < 4.78 is 18.2. The molecular weight excluding hydrogens is 504 g/mol. The van der Waals surface area contributed by atoms with E-state index < -0.39 is 24.1 Å². The van der Waals surface area contributed by atoms with Crippen molar-refractivity contribution in [1.29, 1.82) is 0 Å². The van der Waals surface area contributed by atoms with E-state index >= 15 is 0 Å². The number of ether oxygens (including phenoxy) is 3. The quantitative estimate of drug-likeness (QED) is 0.411. The number of carbonyl (C=O) groups excluding carboxylic acids is 2. The van der Waals surface area contributed by atoms with E-state index in [9.17, 15) is 14.4 Å². The third-order valence-electron chi connectivity index (χ3n) is 5.81. The molecule has 2 heterocycles. The van der Waals surface area contributed by atoms with Gasteiger partial charge in [-0.05, 0) is 64.0 Å². The van der Waals surface area contributed by atoms with Gasteiger partial charge >= 0.3 is 11.9 Å². The van der Waals surface area contributed by atoms with E-state index in [-0.39, 0.29) is 18.3 Å². The Hall–Kier alpha value is -3.98. The summed E-state index contributed by atoms with van der Waals surface area (Å²) in [5, 5.41) is 0. The molecule has 0 aliphatic carbocycles. The van der Waals surface area contributed by atoms with E-state index in [1.807, 2.05) is 30.3 Å². The summed E-state index contributed by atoms with van der Waals surface area (Å²) in [5.41, 5.74) is 2.19. The van der Waals surface area contributed by atoms with Crippen molar-refractivity contribution in [3.8, 4) is 5.75 Å². The molecule has 0 saturated carbocycles.